The van der Waals surface area contributed by atoms with Crippen LogP contribution in [0.2, 0.25) is 0 Å². The lowest BCUT2D eigenvalue weighted by Gasteiger charge is -2.28. The maximum Gasteiger partial charge on any atom is 0.238 e. The van der Waals surface area contributed by atoms with E-state index in [0.717, 1.165) is 4.90 Å². The van der Waals surface area contributed by atoms with E-state index in [1.165, 1.54) is 0 Å². The van der Waals surface area contributed by atoms with Gasteiger partial charge in [-0.05, 0) is 52.9 Å². The van der Waals surface area contributed by atoms with Gasteiger partial charge in [0, 0.05) is 55.7 Å². The lowest BCUT2D eigenvalue weighted by atomic mass is 9.91. The summed E-state index contributed by atoms with van der Waals surface area (Å²) in [6, 6.07) is -38.0. The van der Waals surface area contributed by atoms with E-state index in [1.54, 1.807) is 0 Å². The normalized spacial score (nSPS) is 24.1. The zero-order chi connectivity index (χ0) is 72.8. The number of nitrogens with zero attached hydrogens (tertiary/aromatic N) is 6. The molecule has 1 aliphatic heterocycles. The average molecular weight is 843 g/mol. The number of rotatable bonds is 6. The molecular weight excluding hydrogens is 769 g/mol. The predicted molar refractivity (Wildman–Crippen MR) is 258 cm³/mol. The SMILES string of the molecule is [2H]C1=C([2H])C2c3c([2H])c([2H])c(-n4c5c([2H])c([2H])c([2H])c([2H])c5c5c([2H])c([2H])c6c7c([2H])c([2H])c([2H])c([2H])c7n(-c7nc(-c8c([2H])c([2H])c([2H])c([2H])c8[2H])nc(-c8c([2H])c([2H])c(-c9c([2H])c([2H])c([2H])c([2H])c9[2H])c([2H])c8[2H])n7)c6c54)c([2H])c3N(c3c([2H])c([2H])c([2H])c([2H])c3[2H])C2C([2H])=C1[2H]. The van der Waals surface area contributed by atoms with E-state index < -0.39 is 336 Å². The first kappa shape index (κ1) is 14.9. The molecule has 6 heteroatoms. The first-order valence-electron chi connectivity index (χ1n) is 36.6. The molecule has 2 unspecified atom stereocenters. The van der Waals surface area contributed by atoms with Crippen molar-refractivity contribution in [2.45, 2.75) is 12.0 Å². The Bertz CT molecular complexity index is 5680. The highest BCUT2D eigenvalue weighted by atomic mass is 15.2. The molecule has 0 fully saturated rings. The van der Waals surface area contributed by atoms with Crippen molar-refractivity contribution in [2.24, 2.45) is 0 Å². The highest BCUT2D eigenvalue weighted by Crippen LogP contribution is 2.49. The van der Waals surface area contributed by atoms with Gasteiger partial charge in [0.25, 0.3) is 0 Å². The molecule has 2 aliphatic rings. The van der Waals surface area contributed by atoms with E-state index in [0.29, 0.717) is 9.13 Å². The molecule has 6 nitrogen and oxygen atoms in total. The minimum atomic E-state index is -1.91. The standard InChI is InChI=1S/C57H38N6/c1-4-16-37(17-5-1)38-28-30-40(31-29-38)56-58-55(39-18-6-2-7-19-39)59-57(60-56)63-51-27-15-12-24-45(51)48-35-34-47-44-23-11-14-26-50(44)62(53(47)54(48)63)42-32-33-46-43-22-10-13-25-49(43)61(52(46)36-42)41-20-8-3-9-21-41/h1-36,43,49H/i1D,2D,3D,4D,5D,6D,7D,8D,9D,10D,11D,12D,13D,14D,15D,16D,17D,18D,19D,20D,21D,22D,23D,24D,25D,26D,27D,28D,29D,30D,31D,32D,33D,34D,35D,36D. The third-order valence-corrected chi connectivity index (χ3v) is 10.3. The molecule has 2 atom stereocenters. The van der Waals surface area contributed by atoms with Crippen LogP contribution in [0, 0.1) is 0 Å². The van der Waals surface area contributed by atoms with Gasteiger partial charge in [-0.25, -0.2) is 4.98 Å². The second-order valence-electron chi connectivity index (χ2n) is 13.6. The molecule has 0 amide bonds. The minimum absolute atomic E-state index is 0.564. The van der Waals surface area contributed by atoms with Crippen molar-refractivity contribution < 1.29 is 49.3 Å². The number of hydrogen-bond acceptors (Lipinski definition) is 4. The Labute approximate surface area is 414 Å². The summed E-state index contributed by atoms with van der Waals surface area (Å²) in [6.45, 7) is 0. The first-order valence-corrected chi connectivity index (χ1v) is 18.6. The smallest absolute Gasteiger partial charge is 0.238 e. The molecule has 0 N–H and O–H groups in total. The lowest BCUT2D eigenvalue weighted by molar-refractivity contribution is 0.745. The van der Waals surface area contributed by atoms with E-state index in [2.05, 4.69) is 15.0 Å². The van der Waals surface area contributed by atoms with Crippen molar-refractivity contribution >= 4 is 55.0 Å². The molecule has 0 saturated heterocycles. The van der Waals surface area contributed by atoms with Crippen LogP contribution in [0.25, 0.3) is 89.2 Å². The van der Waals surface area contributed by atoms with Crippen molar-refractivity contribution in [3.05, 3.63) is 223 Å². The largest absolute Gasteiger partial charge is 0.333 e. The maximum absolute atomic E-state index is 10.5. The van der Waals surface area contributed by atoms with E-state index in [4.69, 9.17) is 26.0 Å². The topological polar surface area (TPSA) is 51.8 Å². The highest BCUT2D eigenvalue weighted by molar-refractivity contribution is 6.23. The molecule has 1 aliphatic carbocycles. The zero-order valence-corrected chi connectivity index (χ0v) is 31.3. The highest BCUT2D eigenvalue weighted by Gasteiger charge is 2.38. The van der Waals surface area contributed by atoms with Crippen LogP contribution in [0.1, 0.15) is 60.8 Å². The number of para-hydroxylation sites is 3. The quantitative estimate of drug-likeness (QED) is 0.167. The summed E-state index contributed by atoms with van der Waals surface area (Å²) in [7, 11) is 0. The second kappa shape index (κ2) is 14.1. The van der Waals surface area contributed by atoms with Crippen LogP contribution in [0.15, 0.2) is 218 Å². The molecule has 3 aromatic heterocycles. The molecule has 8 aromatic carbocycles. The van der Waals surface area contributed by atoms with Crippen LogP contribution in [0.3, 0.4) is 0 Å². The fourth-order valence-corrected chi connectivity index (χ4v) is 7.72. The Balaban J connectivity index is 1.29. The Morgan fingerprint density at radius 2 is 0.937 bits per heavy atom. The van der Waals surface area contributed by atoms with Crippen molar-refractivity contribution in [2.75, 3.05) is 4.90 Å². The third kappa shape index (κ3) is 5.55. The van der Waals surface area contributed by atoms with Crippen LogP contribution in [-0.2, 0) is 0 Å². The Morgan fingerprint density at radius 3 is 1.62 bits per heavy atom. The summed E-state index contributed by atoms with van der Waals surface area (Å²) in [4.78, 5) is 14.3. The Hall–Kier alpha value is -8.35. The molecule has 0 radical (unpaired) electrons. The van der Waals surface area contributed by atoms with Gasteiger partial charge in [0.15, 0.2) is 11.6 Å². The number of aromatic nitrogens is 5. The molecular formula is C57H38N6. The summed E-state index contributed by atoms with van der Waals surface area (Å²) < 4.78 is 331. The van der Waals surface area contributed by atoms with Gasteiger partial charge >= 0.3 is 0 Å². The number of benzene rings is 8. The maximum atomic E-state index is 10.5. The Kier molecular flexibility index (Phi) is 3.34. The van der Waals surface area contributed by atoms with Crippen LogP contribution in [-0.4, -0.2) is 30.1 Å². The van der Waals surface area contributed by atoms with Gasteiger partial charge < -0.3 is 9.47 Å². The van der Waals surface area contributed by atoms with Gasteiger partial charge in [-0.1, -0.05) is 181 Å². The van der Waals surface area contributed by atoms with E-state index >= 15 is 0 Å². The lowest BCUT2D eigenvalue weighted by Crippen LogP contribution is -2.28. The molecule has 0 saturated carbocycles. The van der Waals surface area contributed by atoms with Crippen LogP contribution in [0.5, 0.6) is 0 Å². The summed E-state index contributed by atoms with van der Waals surface area (Å²) in [5.41, 5.74) is -9.83. The van der Waals surface area contributed by atoms with Gasteiger partial charge in [0.1, 0.15) is 0 Å². The second-order valence-corrected chi connectivity index (χ2v) is 13.6. The molecule has 63 heavy (non-hydrogen) atoms. The number of anilines is 2. The van der Waals surface area contributed by atoms with Crippen LogP contribution < -0.4 is 4.90 Å². The third-order valence-electron chi connectivity index (χ3n) is 10.3. The molecule has 296 valence electrons. The van der Waals surface area contributed by atoms with Crippen molar-refractivity contribution in [1.82, 2.24) is 24.1 Å². The van der Waals surface area contributed by atoms with E-state index in [9.17, 15) is 23.3 Å². The number of allylic oxidation sites excluding steroid dienone is 2. The van der Waals surface area contributed by atoms with Gasteiger partial charge in [-0.15, -0.1) is 0 Å². The number of hydrogen-bond donors (Lipinski definition) is 0. The zero-order valence-electron chi connectivity index (χ0n) is 67.3. The van der Waals surface area contributed by atoms with Gasteiger partial charge in [-0.2, -0.15) is 9.97 Å². The minimum Gasteiger partial charge on any atom is -0.333 e. The monoisotopic (exact) mass is 843 g/mol. The molecule has 0 bridgehead atoms. The molecule has 4 heterocycles. The first-order chi connectivity index (χ1) is 46.2. The van der Waals surface area contributed by atoms with E-state index in [1.807, 2.05) is 0 Å². The average Bonchev–Trinajstić information content (AvgIpc) is 1.51. The summed E-state index contributed by atoms with van der Waals surface area (Å²) >= 11 is 0. The predicted octanol–water partition coefficient (Wildman–Crippen LogP) is 13.8. The summed E-state index contributed by atoms with van der Waals surface area (Å²) in [5.74, 6) is -4.96. The van der Waals surface area contributed by atoms with Gasteiger partial charge in [0.05, 0.1) is 77.5 Å². The van der Waals surface area contributed by atoms with Crippen LogP contribution >= 0.6 is 0 Å². The number of fused-ring (bicyclic) bond motifs is 10. The van der Waals surface area contributed by atoms with E-state index in [-0.39, 0.29) is 0 Å². The van der Waals surface area contributed by atoms with Crippen LogP contribution in [0.4, 0.5) is 11.4 Å². The molecule has 13 rings (SSSR count). The van der Waals surface area contributed by atoms with Gasteiger partial charge in [-0.3, -0.25) is 4.57 Å². The summed E-state index contributed by atoms with van der Waals surface area (Å²) in [6.07, 6.45) is 0. The van der Waals surface area contributed by atoms with Crippen molar-refractivity contribution in [1.29, 1.82) is 0 Å². The summed E-state index contributed by atoms with van der Waals surface area (Å²) in [5, 5.41) is -2.89. The molecule has 11 aromatic rings. The van der Waals surface area contributed by atoms with Crippen molar-refractivity contribution in [3.8, 4) is 45.5 Å². The van der Waals surface area contributed by atoms with Gasteiger partial charge in [0.2, 0.25) is 5.95 Å². The fourth-order valence-electron chi connectivity index (χ4n) is 7.72. The Morgan fingerprint density at radius 1 is 0.413 bits per heavy atom. The fraction of sp³-hybridized carbons (Fsp3) is 0.0351. The van der Waals surface area contributed by atoms with Crippen molar-refractivity contribution in [3.63, 3.8) is 0 Å². The molecule has 0 spiro atoms.